The maximum Gasteiger partial charge on any atom is 0.212 e. The molecule has 0 aromatic carbocycles. The fraction of sp³-hybridized carbons (Fsp3) is 0.700. The number of rotatable bonds is 5. The zero-order valence-corrected chi connectivity index (χ0v) is 17.0. The van der Waals surface area contributed by atoms with Crippen LogP contribution in [-0.4, -0.2) is 54.7 Å². The Labute approximate surface area is 158 Å². The second-order valence-corrected chi connectivity index (χ2v) is 7.06. The summed E-state index contributed by atoms with van der Waals surface area (Å²) in [6, 6.07) is 3.81. The quantitative estimate of drug-likeness (QED) is 0.786. The first-order valence-electron chi connectivity index (χ1n) is 9.77. The van der Waals surface area contributed by atoms with Gasteiger partial charge in [0.1, 0.15) is 5.82 Å². The number of amides is 1. The molecule has 1 aromatic rings. The fourth-order valence-corrected chi connectivity index (χ4v) is 2.61. The molecule has 0 spiro atoms. The summed E-state index contributed by atoms with van der Waals surface area (Å²) in [5, 5.41) is 12.2. The molecule has 26 heavy (non-hydrogen) atoms. The van der Waals surface area contributed by atoms with Gasteiger partial charge >= 0.3 is 0 Å². The van der Waals surface area contributed by atoms with Crippen LogP contribution in [0.15, 0.2) is 12.1 Å². The number of anilines is 2. The summed E-state index contributed by atoms with van der Waals surface area (Å²) >= 11 is 0. The van der Waals surface area contributed by atoms with Crippen LogP contribution < -0.4 is 10.2 Å². The molecule has 2 N–H and O–H groups in total. The van der Waals surface area contributed by atoms with E-state index in [9.17, 15) is 9.90 Å². The van der Waals surface area contributed by atoms with Crippen molar-refractivity contribution in [1.29, 1.82) is 0 Å². The number of pyridine rings is 1. The Morgan fingerprint density at radius 1 is 1.23 bits per heavy atom. The number of aromatic nitrogens is 1. The summed E-state index contributed by atoms with van der Waals surface area (Å²) < 4.78 is 0. The summed E-state index contributed by atoms with van der Waals surface area (Å²) in [6.07, 6.45) is 5.00. The Hall–Kier alpha value is -1.66. The lowest BCUT2D eigenvalue weighted by molar-refractivity contribution is -0.105. The summed E-state index contributed by atoms with van der Waals surface area (Å²) in [6.45, 7) is 8.66. The van der Waals surface area contributed by atoms with E-state index in [1.807, 2.05) is 40.1 Å². The molecule has 3 rings (SSSR count). The molecule has 2 aliphatic rings. The van der Waals surface area contributed by atoms with Crippen molar-refractivity contribution in [1.82, 2.24) is 9.88 Å². The van der Waals surface area contributed by atoms with Gasteiger partial charge in [0.15, 0.2) is 0 Å². The van der Waals surface area contributed by atoms with Crippen molar-refractivity contribution in [3.05, 3.63) is 17.8 Å². The van der Waals surface area contributed by atoms with Crippen LogP contribution in [0.25, 0.3) is 0 Å². The number of carbonyl (C=O) groups is 1. The van der Waals surface area contributed by atoms with Crippen LogP contribution in [0.1, 0.15) is 52.1 Å². The second-order valence-electron chi connectivity index (χ2n) is 7.06. The highest BCUT2D eigenvalue weighted by Crippen LogP contribution is 2.27. The van der Waals surface area contributed by atoms with E-state index < -0.39 is 0 Å². The fourth-order valence-electron chi connectivity index (χ4n) is 2.61. The molecule has 1 aliphatic heterocycles. The standard InChI is InChI=1S/C14H22N4O2.C4H8.C2H6/c1-17(2)9-12-13(3-4-14(16-12)15-10-19)18-7-5-11(20)6-8-18;1-4-2-3-4;1-2/h3-4,10-11,20H,5-9H2,1-2H3,(H,15,16,19);4H,2-3H2,1H3;1-2H3. The van der Waals surface area contributed by atoms with Crippen molar-refractivity contribution in [2.24, 2.45) is 5.92 Å². The van der Waals surface area contributed by atoms with E-state index in [1.54, 1.807) is 0 Å². The van der Waals surface area contributed by atoms with Crippen molar-refractivity contribution in [2.45, 2.75) is 59.1 Å². The van der Waals surface area contributed by atoms with Crippen LogP contribution in [0.4, 0.5) is 11.5 Å². The molecule has 2 heterocycles. The first-order valence-corrected chi connectivity index (χ1v) is 9.77. The topological polar surface area (TPSA) is 68.7 Å². The predicted molar refractivity (Wildman–Crippen MR) is 109 cm³/mol. The van der Waals surface area contributed by atoms with Crippen LogP contribution in [-0.2, 0) is 11.3 Å². The van der Waals surface area contributed by atoms with Crippen molar-refractivity contribution in [2.75, 3.05) is 37.4 Å². The molecular weight excluding hydrogens is 328 g/mol. The van der Waals surface area contributed by atoms with E-state index in [4.69, 9.17) is 0 Å². The van der Waals surface area contributed by atoms with Gasteiger partial charge in [0, 0.05) is 19.6 Å². The molecule has 0 unspecified atom stereocenters. The highest BCUT2D eigenvalue weighted by molar-refractivity contribution is 5.70. The Morgan fingerprint density at radius 2 is 1.81 bits per heavy atom. The minimum atomic E-state index is -0.187. The van der Waals surface area contributed by atoms with E-state index in [1.165, 1.54) is 12.8 Å². The van der Waals surface area contributed by atoms with E-state index in [2.05, 4.69) is 27.0 Å². The normalized spacial score (nSPS) is 17.0. The predicted octanol–water partition coefficient (Wildman–Crippen LogP) is 3.12. The summed E-state index contributed by atoms with van der Waals surface area (Å²) in [7, 11) is 3.98. The Bertz CT molecular complexity index is 525. The van der Waals surface area contributed by atoms with Crippen LogP contribution >= 0.6 is 0 Å². The highest BCUT2D eigenvalue weighted by Gasteiger charge is 2.20. The molecule has 0 atom stereocenters. The SMILES string of the molecule is CC.CC1CC1.CN(C)Cc1nc(NC=O)ccc1N1CCC(O)CC1. The molecule has 1 aliphatic carbocycles. The van der Waals surface area contributed by atoms with Crippen molar-refractivity contribution >= 4 is 17.9 Å². The number of hydrogen-bond acceptors (Lipinski definition) is 5. The maximum absolute atomic E-state index is 10.5. The molecule has 0 radical (unpaired) electrons. The largest absolute Gasteiger partial charge is 0.393 e. The highest BCUT2D eigenvalue weighted by atomic mass is 16.3. The Morgan fingerprint density at radius 3 is 2.27 bits per heavy atom. The second kappa shape index (κ2) is 11.9. The van der Waals surface area contributed by atoms with Gasteiger partial charge < -0.3 is 20.2 Å². The average Bonchev–Trinajstić information content (AvgIpc) is 3.41. The van der Waals surface area contributed by atoms with Crippen LogP contribution in [0.3, 0.4) is 0 Å². The molecule has 2 fully saturated rings. The maximum atomic E-state index is 10.5. The smallest absolute Gasteiger partial charge is 0.212 e. The van der Waals surface area contributed by atoms with Gasteiger partial charge in [-0.25, -0.2) is 4.98 Å². The van der Waals surface area contributed by atoms with Gasteiger partial charge in [0.25, 0.3) is 0 Å². The third kappa shape index (κ3) is 8.15. The van der Waals surface area contributed by atoms with Gasteiger partial charge in [-0.2, -0.15) is 0 Å². The lowest BCUT2D eigenvalue weighted by Crippen LogP contribution is -2.36. The number of piperidine rings is 1. The molecule has 148 valence electrons. The third-order valence-corrected chi connectivity index (χ3v) is 4.29. The molecule has 6 heteroatoms. The van der Waals surface area contributed by atoms with Crippen molar-refractivity contribution < 1.29 is 9.90 Å². The number of aliphatic hydroxyl groups excluding tert-OH is 1. The van der Waals surface area contributed by atoms with E-state index in [0.29, 0.717) is 18.8 Å². The molecule has 1 amide bonds. The van der Waals surface area contributed by atoms with Crippen molar-refractivity contribution in [3.63, 3.8) is 0 Å². The van der Waals surface area contributed by atoms with Crippen LogP contribution in [0.5, 0.6) is 0 Å². The van der Waals surface area contributed by atoms with Gasteiger partial charge in [0.05, 0.1) is 17.5 Å². The third-order valence-electron chi connectivity index (χ3n) is 4.29. The van der Waals surface area contributed by atoms with Crippen LogP contribution in [0.2, 0.25) is 0 Å². The van der Waals surface area contributed by atoms with E-state index in [0.717, 1.165) is 43.2 Å². The number of aliphatic hydroxyl groups is 1. The first kappa shape index (κ1) is 22.4. The Balaban J connectivity index is 0.000000484. The lowest BCUT2D eigenvalue weighted by atomic mass is 10.1. The molecule has 1 saturated carbocycles. The van der Waals surface area contributed by atoms with Gasteiger partial charge in [-0.15, -0.1) is 0 Å². The monoisotopic (exact) mass is 364 g/mol. The first-order chi connectivity index (χ1) is 12.5. The molecular formula is C20H36N4O2. The molecule has 0 bridgehead atoms. The minimum Gasteiger partial charge on any atom is -0.393 e. The number of hydrogen-bond donors (Lipinski definition) is 2. The molecule has 6 nitrogen and oxygen atoms in total. The zero-order valence-electron chi connectivity index (χ0n) is 17.0. The molecule has 1 aromatic heterocycles. The number of carbonyl (C=O) groups excluding carboxylic acids is 1. The Kier molecular flexibility index (Phi) is 10.2. The van der Waals surface area contributed by atoms with Crippen molar-refractivity contribution in [3.8, 4) is 0 Å². The number of nitrogens with zero attached hydrogens (tertiary/aromatic N) is 3. The number of nitrogens with one attached hydrogen (secondary N) is 1. The summed E-state index contributed by atoms with van der Waals surface area (Å²) in [5.41, 5.74) is 2.03. The van der Waals surface area contributed by atoms with E-state index >= 15 is 0 Å². The lowest BCUT2D eigenvalue weighted by Gasteiger charge is -2.33. The van der Waals surface area contributed by atoms with Gasteiger partial charge in [0.2, 0.25) is 6.41 Å². The van der Waals surface area contributed by atoms with Gasteiger partial charge in [-0.3, -0.25) is 4.79 Å². The van der Waals surface area contributed by atoms with Crippen LogP contribution in [0, 0.1) is 5.92 Å². The zero-order chi connectivity index (χ0) is 19.5. The minimum absolute atomic E-state index is 0.187. The van der Waals surface area contributed by atoms with Gasteiger partial charge in [-0.1, -0.05) is 33.6 Å². The molecule has 1 saturated heterocycles. The van der Waals surface area contributed by atoms with E-state index in [-0.39, 0.29) is 6.10 Å². The van der Waals surface area contributed by atoms with Gasteiger partial charge in [-0.05, 0) is 45.0 Å². The average molecular weight is 365 g/mol. The summed E-state index contributed by atoms with van der Waals surface area (Å²) in [4.78, 5) is 19.3. The summed E-state index contributed by atoms with van der Waals surface area (Å²) in [5.74, 6) is 1.65.